The fraction of sp³-hybridized carbons (Fsp3) is 0.550. The molecule has 0 aromatic heterocycles. The predicted octanol–water partition coefficient (Wildman–Crippen LogP) is 3.42. The van der Waals surface area contributed by atoms with Gasteiger partial charge in [-0.1, -0.05) is 11.6 Å². The highest BCUT2D eigenvalue weighted by Crippen LogP contribution is 2.63. The van der Waals surface area contributed by atoms with Crippen LogP contribution in [0.5, 0.6) is 0 Å². The molecule has 1 aromatic carbocycles. The topological polar surface area (TPSA) is 92.5 Å². The van der Waals surface area contributed by atoms with Crippen molar-refractivity contribution in [2.24, 2.45) is 11.1 Å². The van der Waals surface area contributed by atoms with Crippen LogP contribution < -0.4 is 11.1 Å². The number of amides is 2. The summed E-state index contributed by atoms with van der Waals surface area (Å²) < 4.78 is 44.5. The summed E-state index contributed by atoms with van der Waals surface area (Å²) in [5.41, 5.74) is 2.89. The molecule has 0 heterocycles. The maximum atomic E-state index is 14.9. The minimum absolute atomic E-state index is 0.0720. The normalized spacial score (nSPS) is 25.8. The Morgan fingerprint density at radius 3 is 2.47 bits per heavy atom. The average molecular weight is 446 g/mol. The smallest absolute Gasteiger partial charge is 0.318 e. The molecule has 3 N–H and O–H groups in total. The Balaban J connectivity index is 1.93. The van der Waals surface area contributed by atoms with Crippen LogP contribution in [0.25, 0.3) is 0 Å². The van der Waals surface area contributed by atoms with Crippen molar-refractivity contribution in [2.75, 3.05) is 13.2 Å². The average Bonchev–Trinajstić information content (AvgIpc) is 3.25. The zero-order valence-corrected chi connectivity index (χ0v) is 17.0. The molecule has 1 unspecified atom stereocenters. The first-order valence-electron chi connectivity index (χ1n) is 9.70. The number of benzene rings is 1. The van der Waals surface area contributed by atoms with Gasteiger partial charge in [-0.2, -0.15) is 0 Å². The number of carbonyl (C=O) groups excluding carboxylic acids is 3. The zero-order chi connectivity index (χ0) is 22.1. The number of urea groups is 1. The highest BCUT2D eigenvalue weighted by molar-refractivity contribution is 6.30. The van der Waals surface area contributed by atoms with Gasteiger partial charge in [-0.05, 0) is 49.7 Å². The van der Waals surface area contributed by atoms with Crippen LogP contribution in [0.4, 0.5) is 18.0 Å². The second kappa shape index (κ2) is 8.55. The molecule has 1 atom stereocenters. The number of nitrogens with one attached hydrogen (secondary N) is 1. The van der Waals surface area contributed by atoms with Crippen LogP contribution in [0.15, 0.2) is 12.1 Å². The van der Waals surface area contributed by atoms with Crippen molar-refractivity contribution < 1.29 is 27.6 Å². The number of rotatable bonds is 8. The SMILES string of the molecule is NCN(CCC(=O)C=O)C(=O)NC(c1c(F)ccc(Cl)c1F)C12CCC(F)(CC1)C2. The Hall–Kier alpha value is -2.13. The summed E-state index contributed by atoms with van der Waals surface area (Å²) in [5.74, 6) is -2.61. The number of nitrogens with two attached hydrogens (primary N) is 1. The molecule has 0 aliphatic heterocycles. The van der Waals surface area contributed by atoms with Crippen molar-refractivity contribution in [1.82, 2.24) is 10.2 Å². The van der Waals surface area contributed by atoms with Crippen molar-refractivity contribution in [3.8, 4) is 0 Å². The number of Topliss-reactive ketones (excluding diaryl/α,β-unsaturated/α-hetero) is 1. The Kier molecular flexibility index (Phi) is 6.43. The van der Waals surface area contributed by atoms with E-state index in [4.69, 9.17) is 17.3 Å². The summed E-state index contributed by atoms with van der Waals surface area (Å²) in [7, 11) is 0. The van der Waals surface area contributed by atoms with Crippen molar-refractivity contribution in [3.05, 3.63) is 34.4 Å². The van der Waals surface area contributed by atoms with Gasteiger partial charge in [0.15, 0.2) is 12.1 Å². The van der Waals surface area contributed by atoms with Crippen molar-refractivity contribution in [3.63, 3.8) is 0 Å². The molecular weight excluding hydrogens is 423 g/mol. The molecule has 6 nitrogen and oxygen atoms in total. The molecule has 2 aliphatic carbocycles. The highest BCUT2D eigenvalue weighted by atomic mass is 35.5. The summed E-state index contributed by atoms with van der Waals surface area (Å²) in [6, 6.07) is 0.149. The Morgan fingerprint density at radius 1 is 1.27 bits per heavy atom. The van der Waals surface area contributed by atoms with E-state index in [0.717, 1.165) is 17.0 Å². The Labute approximate surface area is 176 Å². The first-order valence-corrected chi connectivity index (χ1v) is 10.1. The van der Waals surface area contributed by atoms with E-state index in [9.17, 15) is 27.6 Å². The van der Waals surface area contributed by atoms with Crippen molar-refractivity contribution in [2.45, 2.75) is 50.2 Å². The van der Waals surface area contributed by atoms with Crippen LogP contribution in [0.1, 0.15) is 50.1 Å². The third-order valence-electron chi connectivity index (χ3n) is 6.33. The van der Waals surface area contributed by atoms with Crippen LogP contribution in [0.3, 0.4) is 0 Å². The molecule has 2 aliphatic rings. The van der Waals surface area contributed by atoms with Crippen molar-refractivity contribution >= 4 is 29.7 Å². The molecule has 30 heavy (non-hydrogen) atoms. The van der Waals surface area contributed by atoms with Gasteiger partial charge in [-0.3, -0.25) is 9.59 Å². The summed E-state index contributed by atoms with van der Waals surface area (Å²) in [6.45, 7) is -0.432. The number of nitrogens with zero attached hydrogens (tertiary/aromatic N) is 1. The Morgan fingerprint density at radius 2 is 1.93 bits per heavy atom. The van der Waals surface area contributed by atoms with Crippen LogP contribution in [0, 0.1) is 17.0 Å². The molecule has 2 amide bonds. The number of hydrogen-bond donors (Lipinski definition) is 2. The maximum absolute atomic E-state index is 14.9. The number of ketones is 1. The number of fused-ring (bicyclic) bond motifs is 2. The van der Waals surface area contributed by atoms with E-state index >= 15 is 0 Å². The third-order valence-corrected chi connectivity index (χ3v) is 6.62. The summed E-state index contributed by atoms with van der Waals surface area (Å²) in [5, 5.41) is 2.31. The van der Waals surface area contributed by atoms with Gasteiger partial charge in [0.05, 0.1) is 17.7 Å². The van der Waals surface area contributed by atoms with E-state index in [0.29, 0.717) is 12.8 Å². The fourth-order valence-corrected chi connectivity index (χ4v) is 4.87. The third kappa shape index (κ3) is 4.18. The van der Waals surface area contributed by atoms with Crippen LogP contribution >= 0.6 is 11.6 Å². The van der Waals surface area contributed by atoms with Gasteiger partial charge >= 0.3 is 6.03 Å². The van der Waals surface area contributed by atoms with E-state index in [1.54, 1.807) is 0 Å². The minimum atomic E-state index is -1.42. The van der Waals surface area contributed by atoms with Gasteiger partial charge in [-0.25, -0.2) is 18.0 Å². The lowest BCUT2D eigenvalue weighted by Gasteiger charge is -2.38. The lowest BCUT2D eigenvalue weighted by molar-refractivity contribution is -0.130. The quantitative estimate of drug-likeness (QED) is 0.277. The number of aldehydes is 1. The summed E-state index contributed by atoms with van der Waals surface area (Å²) >= 11 is 5.86. The minimum Gasteiger partial charge on any atom is -0.330 e. The van der Waals surface area contributed by atoms with Gasteiger partial charge in [0.2, 0.25) is 0 Å². The molecule has 10 heteroatoms. The van der Waals surface area contributed by atoms with Gasteiger partial charge in [0, 0.05) is 18.5 Å². The molecule has 164 valence electrons. The monoisotopic (exact) mass is 445 g/mol. The molecule has 0 spiro atoms. The van der Waals surface area contributed by atoms with Crippen LogP contribution in [0.2, 0.25) is 5.02 Å². The summed E-state index contributed by atoms with van der Waals surface area (Å²) in [4.78, 5) is 35.6. The predicted molar refractivity (Wildman–Crippen MR) is 103 cm³/mol. The van der Waals surface area contributed by atoms with Gasteiger partial charge in [-0.15, -0.1) is 0 Å². The number of halogens is 4. The molecule has 2 fully saturated rings. The lowest BCUT2D eigenvalue weighted by atomic mass is 9.74. The molecule has 1 aromatic rings. The zero-order valence-electron chi connectivity index (χ0n) is 16.2. The second-order valence-electron chi connectivity index (χ2n) is 8.11. The molecule has 2 bridgehead atoms. The number of carbonyl (C=O) groups is 3. The van der Waals surface area contributed by atoms with Crippen molar-refractivity contribution in [1.29, 1.82) is 0 Å². The van der Waals surface area contributed by atoms with Gasteiger partial charge < -0.3 is 16.0 Å². The number of hydrogen-bond acceptors (Lipinski definition) is 4. The molecule has 0 saturated heterocycles. The van der Waals surface area contributed by atoms with E-state index in [-0.39, 0.29) is 50.2 Å². The lowest BCUT2D eigenvalue weighted by Crippen LogP contribution is -2.49. The van der Waals surface area contributed by atoms with Crippen LogP contribution in [-0.2, 0) is 9.59 Å². The molecule has 2 saturated carbocycles. The van der Waals surface area contributed by atoms with E-state index in [1.165, 1.54) is 0 Å². The number of alkyl halides is 1. The largest absolute Gasteiger partial charge is 0.330 e. The highest BCUT2D eigenvalue weighted by Gasteiger charge is 2.59. The molecular formula is C20H23ClF3N3O3. The molecule has 3 rings (SSSR count). The van der Waals surface area contributed by atoms with Gasteiger partial charge in [0.1, 0.15) is 17.3 Å². The molecule has 0 radical (unpaired) electrons. The Bertz CT molecular complexity index is 859. The maximum Gasteiger partial charge on any atom is 0.318 e. The van der Waals surface area contributed by atoms with E-state index < -0.39 is 46.1 Å². The van der Waals surface area contributed by atoms with Gasteiger partial charge in [0.25, 0.3) is 0 Å². The van der Waals surface area contributed by atoms with E-state index in [1.807, 2.05) is 0 Å². The van der Waals surface area contributed by atoms with E-state index in [2.05, 4.69) is 5.32 Å². The standard InChI is InChI=1S/C20H23ClF3N3O3/c21-13-1-2-14(22)15(16(13)23)17(19-4-6-20(24,10-19)7-5-19)26-18(30)27(11-25)8-3-12(29)9-28/h1-2,9,17H,3-8,10-11,25H2,(H,26,30). The first kappa shape index (κ1) is 22.6. The fourth-order valence-electron chi connectivity index (χ4n) is 4.70. The second-order valence-corrected chi connectivity index (χ2v) is 8.52. The van der Waals surface area contributed by atoms with Crippen LogP contribution in [-0.4, -0.2) is 41.9 Å². The first-order chi connectivity index (χ1) is 14.1. The summed E-state index contributed by atoms with van der Waals surface area (Å²) in [6.07, 6.45) is 1.18.